The van der Waals surface area contributed by atoms with Crippen LogP contribution in [0.3, 0.4) is 0 Å². The van der Waals surface area contributed by atoms with Crippen molar-refractivity contribution in [3.8, 4) is 11.1 Å². The van der Waals surface area contributed by atoms with E-state index in [1.54, 1.807) is 31.2 Å². The SMILES string of the molecule is Cc1cc(C(=O)O)c(-c2ccccc2Cl)c(C(=O)O)c1. The molecule has 0 aliphatic heterocycles. The minimum Gasteiger partial charge on any atom is -0.478 e. The van der Waals surface area contributed by atoms with E-state index in [1.807, 2.05) is 0 Å². The van der Waals surface area contributed by atoms with E-state index in [-0.39, 0.29) is 16.7 Å². The summed E-state index contributed by atoms with van der Waals surface area (Å²) in [5.74, 6) is -2.38. The van der Waals surface area contributed by atoms with Gasteiger partial charge in [-0.15, -0.1) is 0 Å². The molecule has 0 aliphatic carbocycles. The number of benzene rings is 2. The van der Waals surface area contributed by atoms with Crippen LogP contribution in [0.5, 0.6) is 0 Å². The molecule has 0 aromatic heterocycles. The molecule has 102 valence electrons. The van der Waals surface area contributed by atoms with Crippen molar-refractivity contribution in [1.82, 2.24) is 0 Å². The first-order valence-electron chi connectivity index (χ1n) is 5.78. The molecule has 0 unspecified atom stereocenters. The number of hydrogen-bond donors (Lipinski definition) is 2. The minimum absolute atomic E-state index is 0.0736. The van der Waals surface area contributed by atoms with Gasteiger partial charge in [-0.05, 0) is 30.7 Å². The summed E-state index contributed by atoms with van der Waals surface area (Å²) in [7, 11) is 0. The van der Waals surface area contributed by atoms with Crippen LogP contribution in [-0.2, 0) is 0 Å². The Morgan fingerprint density at radius 3 is 1.95 bits per heavy atom. The Labute approximate surface area is 120 Å². The Kier molecular flexibility index (Phi) is 3.77. The zero-order valence-corrected chi connectivity index (χ0v) is 11.3. The molecule has 2 N–H and O–H groups in total. The Balaban J connectivity index is 2.89. The standard InChI is InChI=1S/C15H11ClO4/c1-8-6-10(14(17)18)13(11(7-8)15(19)20)9-4-2-3-5-12(9)16/h2-7H,1H3,(H,17,18)(H,19,20). The number of carboxylic acid groups (broad SMARTS) is 2. The second-order valence-electron chi connectivity index (χ2n) is 4.33. The molecule has 0 amide bonds. The number of aryl methyl sites for hydroxylation is 1. The molecule has 0 saturated heterocycles. The van der Waals surface area contributed by atoms with Crippen LogP contribution >= 0.6 is 11.6 Å². The summed E-state index contributed by atoms with van der Waals surface area (Å²) >= 11 is 6.07. The topological polar surface area (TPSA) is 74.6 Å². The zero-order chi connectivity index (χ0) is 14.9. The van der Waals surface area contributed by atoms with Crippen LogP contribution in [0.2, 0.25) is 5.02 Å². The third kappa shape index (κ3) is 2.51. The van der Waals surface area contributed by atoms with Crippen LogP contribution < -0.4 is 0 Å². The molecule has 5 heteroatoms. The van der Waals surface area contributed by atoms with Crippen molar-refractivity contribution in [3.05, 3.63) is 58.1 Å². The maximum absolute atomic E-state index is 11.4. The Hall–Kier alpha value is -2.33. The van der Waals surface area contributed by atoms with Gasteiger partial charge in [-0.1, -0.05) is 29.8 Å². The van der Waals surface area contributed by atoms with Gasteiger partial charge in [-0.3, -0.25) is 0 Å². The number of rotatable bonds is 3. The summed E-state index contributed by atoms with van der Waals surface area (Å²) < 4.78 is 0. The highest BCUT2D eigenvalue weighted by atomic mass is 35.5. The molecule has 2 rings (SSSR count). The number of carboxylic acids is 2. The largest absolute Gasteiger partial charge is 0.478 e. The summed E-state index contributed by atoms with van der Waals surface area (Å²) in [6.45, 7) is 1.65. The van der Waals surface area contributed by atoms with Crippen LogP contribution in [0.4, 0.5) is 0 Å². The fraction of sp³-hybridized carbons (Fsp3) is 0.0667. The fourth-order valence-electron chi connectivity index (χ4n) is 2.08. The van der Waals surface area contributed by atoms with Crippen LogP contribution in [-0.4, -0.2) is 22.2 Å². The average Bonchev–Trinajstić information content (AvgIpc) is 2.38. The number of hydrogen-bond acceptors (Lipinski definition) is 2. The molecule has 20 heavy (non-hydrogen) atoms. The van der Waals surface area contributed by atoms with E-state index >= 15 is 0 Å². The smallest absolute Gasteiger partial charge is 0.336 e. The van der Waals surface area contributed by atoms with E-state index in [2.05, 4.69) is 0 Å². The third-order valence-corrected chi connectivity index (χ3v) is 3.22. The highest BCUT2D eigenvalue weighted by Crippen LogP contribution is 2.34. The van der Waals surface area contributed by atoms with Crippen molar-refractivity contribution >= 4 is 23.5 Å². The van der Waals surface area contributed by atoms with Crippen molar-refractivity contribution in [2.45, 2.75) is 6.92 Å². The lowest BCUT2D eigenvalue weighted by Gasteiger charge is -2.13. The predicted octanol–water partition coefficient (Wildman–Crippen LogP) is 3.71. The molecule has 0 aliphatic rings. The van der Waals surface area contributed by atoms with Gasteiger partial charge in [0.05, 0.1) is 11.1 Å². The van der Waals surface area contributed by atoms with Crippen molar-refractivity contribution in [1.29, 1.82) is 0 Å². The normalized spacial score (nSPS) is 10.3. The second kappa shape index (κ2) is 5.35. The molecule has 0 spiro atoms. The predicted molar refractivity (Wildman–Crippen MR) is 75.5 cm³/mol. The lowest BCUT2D eigenvalue weighted by atomic mass is 9.92. The van der Waals surface area contributed by atoms with Crippen LogP contribution in [0.15, 0.2) is 36.4 Å². The van der Waals surface area contributed by atoms with Crippen molar-refractivity contribution in [2.75, 3.05) is 0 Å². The first-order chi connectivity index (χ1) is 9.41. The lowest BCUT2D eigenvalue weighted by molar-refractivity contribution is 0.0696. The highest BCUT2D eigenvalue weighted by Gasteiger charge is 2.22. The first kappa shape index (κ1) is 14.1. The van der Waals surface area contributed by atoms with Gasteiger partial charge in [0.2, 0.25) is 0 Å². The monoisotopic (exact) mass is 290 g/mol. The molecule has 0 saturated carbocycles. The van der Waals surface area contributed by atoms with Gasteiger partial charge in [0.25, 0.3) is 0 Å². The van der Waals surface area contributed by atoms with E-state index in [0.29, 0.717) is 16.1 Å². The molecule has 4 nitrogen and oxygen atoms in total. The van der Waals surface area contributed by atoms with Crippen molar-refractivity contribution < 1.29 is 19.8 Å². The summed E-state index contributed by atoms with van der Waals surface area (Å²) in [6.07, 6.45) is 0. The van der Waals surface area contributed by atoms with Crippen molar-refractivity contribution in [2.24, 2.45) is 0 Å². The van der Waals surface area contributed by atoms with Gasteiger partial charge in [0.15, 0.2) is 0 Å². The van der Waals surface area contributed by atoms with Crippen LogP contribution in [0.1, 0.15) is 26.3 Å². The fourth-order valence-corrected chi connectivity index (χ4v) is 2.31. The Morgan fingerprint density at radius 2 is 1.50 bits per heavy atom. The molecule has 2 aromatic carbocycles. The quantitative estimate of drug-likeness (QED) is 0.903. The maximum Gasteiger partial charge on any atom is 0.336 e. The summed E-state index contributed by atoms with van der Waals surface area (Å²) in [4.78, 5) is 22.8. The molecule has 0 atom stereocenters. The van der Waals surface area contributed by atoms with E-state index < -0.39 is 11.9 Å². The molecule has 0 fully saturated rings. The highest BCUT2D eigenvalue weighted by molar-refractivity contribution is 6.33. The molecule has 2 aromatic rings. The molecular formula is C15H11ClO4. The van der Waals surface area contributed by atoms with Gasteiger partial charge >= 0.3 is 11.9 Å². The number of carbonyl (C=O) groups is 2. The van der Waals surface area contributed by atoms with Gasteiger partial charge < -0.3 is 10.2 Å². The molecule has 0 radical (unpaired) electrons. The van der Waals surface area contributed by atoms with Gasteiger partial charge in [-0.25, -0.2) is 9.59 Å². The number of halogens is 1. The Bertz CT molecular complexity index is 672. The molecule has 0 bridgehead atoms. The minimum atomic E-state index is -1.19. The van der Waals surface area contributed by atoms with Crippen molar-refractivity contribution in [3.63, 3.8) is 0 Å². The van der Waals surface area contributed by atoms with Gasteiger partial charge in [0.1, 0.15) is 0 Å². The lowest BCUT2D eigenvalue weighted by Crippen LogP contribution is -2.08. The second-order valence-corrected chi connectivity index (χ2v) is 4.73. The first-order valence-corrected chi connectivity index (χ1v) is 6.15. The average molecular weight is 291 g/mol. The molecule has 0 heterocycles. The Morgan fingerprint density at radius 1 is 1.00 bits per heavy atom. The van der Waals surface area contributed by atoms with E-state index in [1.165, 1.54) is 12.1 Å². The number of aromatic carboxylic acids is 2. The summed E-state index contributed by atoms with van der Waals surface area (Å²) in [6, 6.07) is 9.44. The summed E-state index contributed by atoms with van der Waals surface area (Å²) in [5.41, 5.74) is 0.937. The van der Waals surface area contributed by atoms with E-state index in [4.69, 9.17) is 11.6 Å². The third-order valence-electron chi connectivity index (χ3n) is 2.89. The van der Waals surface area contributed by atoms with E-state index in [0.717, 1.165) is 0 Å². The van der Waals surface area contributed by atoms with Crippen LogP contribution in [0.25, 0.3) is 11.1 Å². The van der Waals surface area contributed by atoms with Gasteiger partial charge in [0, 0.05) is 16.1 Å². The molecular weight excluding hydrogens is 280 g/mol. The maximum atomic E-state index is 11.4. The van der Waals surface area contributed by atoms with E-state index in [9.17, 15) is 19.8 Å². The zero-order valence-electron chi connectivity index (χ0n) is 10.6. The van der Waals surface area contributed by atoms with Gasteiger partial charge in [-0.2, -0.15) is 0 Å². The van der Waals surface area contributed by atoms with Crippen LogP contribution in [0, 0.1) is 6.92 Å². The summed E-state index contributed by atoms with van der Waals surface area (Å²) in [5, 5.41) is 18.9.